The topological polar surface area (TPSA) is 107 Å². The van der Waals surface area contributed by atoms with Crippen molar-refractivity contribution in [3.05, 3.63) is 0 Å². The molecule has 0 spiro atoms. The van der Waals surface area contributed by atoms with Crippen molar-refractivity contribution in [1.29, 1.82) is 0 Å². The molecule has 8 heteroatoms. The molecule has 0 unspecified atom stereocenters. The molecule has 0 aromatic heterocycles. The third-order valence-corrected chi connectivity index (χ3v) is 1.49. The molecule has 7 nitrogen and oxygen atoms in total. The second-order valence-electron chi connectivity index (χ2n) is 2.27. The Hall–Kier alpha value is -0.460. The van der Waals surface area contributed by atoms with Crippen LogP contribution in [0.3, 0.4) is 0 Å². The summed E-state index contributed by atoms with van der Waals surface area (Å²) in [6.45, 7) is 0.859. The first-order chi connectivity index (χ1) is 5.87. The Bertz CT molecular complexity index is 213. The van der Waals surface area contributed by atoms with E-state index in [1.165, 1.54) is 0 Å². The van der Waals surface area contributed by atoms with Crippen molar-refractivity contribution in [3.63, 3.8) is 0 Å². The van der Waals surface area contributed by atoms with Crippen molar-refractivity contribution >= 4 is 13.7 Å². The Morgan fingerprint density at radius 2 is 2.08 bits per heavy atom. The maximum absolute atomic E-state index is 10.7. The molecule has 0 aliphatic heterocycles. The van der Waals surface area contributed by atoms with E-state index >= 15 is 0 Å². The molecule has 0 rings (SSSR count). The van der Waals surface area contributed by atoms with Gasteiger partial charge in [0.1, 0.15) is 0 Å². The Morgan fingerprint density at radius 1 is 1.54 bits per heavy atom. The summed E-state index contributed by atoms with van der Waals surface area (Å²) < 4.78 is 14.4. The summed E-state index contributed by atoms with van der Waals surface area (Å²) in [6.07, 6.45) is 0.194. The molecule has 0 aliphatic rings. The highest BCUT2D eigenvalue weighted by Gasteiger charge is 2.22. The molecule has 1 amide bonds. The first-order valence-electron chi connectivity index (χ1n) is 3.51. The van der Waals surface area contributed by atoms with Gasteiger partial charge < -0.3 is 14.9 Å². The highest BCUT2D eigenvalue weighted by atomic mass is 31.2. The first kappa shape index (κ1) is 12.5. The Labute approximate surface area is 75.1 Å². The molecule has 0 atom stereocenters. The lowest BCUT2D eigenvalue weighted by molar-refractivity contribution is -0.159. The predicted octanol–water partition coefficient (Wildman–Crippen LogP) is -0.758. The molecule has 0 saturated heterocycles. The van der Waals surface area contributed by atoms with Gasteiger partial charge in [0.15, 0.2) is 0 Å². The number of phosphoric acid groups is 1. The molecule has 0 fully saturated rings. The third-order valence-electron chi connectivity index (χ3n) is 1.08. The number of amides is 1. The fourth-order valence-electron chi connectivity index (χ4n) is 0.598. The van der Waals surface area contributed by atoms with E-state index in [1.54, 1.807) is 0 Å². The molecular weight excluding hydrogens is 201 g/mol. The van der Waals surface area contributed by atoms with Gasteiger partial charge in [-0.1, -0.05) is 0 Å². The number of aliphatic hydroxyl groups excluding tert-OH is 1. The van der Waals surface area contributed by atoms with Gasteiger partial charge in [0.2, 0.25) is 5.91 Å². The molecule has 0 aromatic rings. The van der Waals surface area contributed by atoms with Crippen molar-refractivity contribution in [3.8, 4) is 0 Å². The zero-order chi connectivity index (χ0) is 10.5. The lowest BCUT2D eigenvalue weighted by Gasteiger charge is -2.19. The van der Waals surface area contributed by atoms with E-state index in [2.05, 4.69) is 4.62 Å². The van der Waals surface area contributed by atoms with Gasteiger partial charge in [-0.15, -0.1) is 0 Å². The molecule has 0 aromatic carbocycles. The fraction of sp³-hybridized carbons (Fsp3) is 0.800. The van der Waals surface area contributed by atoms with E-state index in [4.69, 9.17) is 14.9 Å². The number of rotatable bonds is 5. The monoisotopic (exact) mass is 213 g/mol. The molecule has 0 bridgehead atoms. The quantitative estimate of drug-likeness (QED) is 0.409. The number of carbonyl (C=O) groups is 1. The highest BCUT2D eigenvalue weighted by molar-refractivity contribution is 7.46. The average molecular weight is 213 g/mol. The van der Waals surface area contributed by atoms with Gasteiger partial charge in [-0.2, -0.15) is 4.62 Å². The number of hydrogen-bond acceptors (Lipinski definition) is 4. The van der Waals surface area contributed by atoms with Gasteiger partial charge in [0.25, 0.3) is 0 Å². The van der Waals surface area contributed by atoms with E-state index in [-0.39, 0.29) is 19.6 Å². The van der Waals surface area contributed by atoms with E-state index in [9.17, 15) is 9.36 Å². The second kappa shape index (κ2) is 5.31. The molecule has 13 heavy (non-hydrogen) atoms. The van der Waals surface area contributed by atoms with Gasteiger partial charge >= 0.3 is 7.82 Å². The summed E-state index contributed by atoms with van der Waals surface area (Å²) in [5.74, 6) is -0.628. The van der Waals surface area contributed by atoms with Gasteiger partial charge in [-0.05, 0) is 6.42 Å². The molecule has 0 radical (unpaired) electrons. The van der Waals surface area contributed by atoms with E-state index in [0.717, 1.165) is 6.92 Å². The van der Waals surface area contributed by atoms with Crippen LogP contribution >= 0.6 is 7.82 Å². The van der Waals surface area contributed by atoms with Gasteiger partial charge in [-0.25, -0.2) is 9.63 Å². The number of nitrogens with zero attached hydrogens (tertiary/aromatic N) is 1. The normalized spacial score (nSPS) is 11.4. The number of hydroxylamine groups is 2. The smallest absolute Gasteiger partial charge is 0.396 e. The van der Waals surface area contributed by atoms with Crippen molar-refractivity contribution in [1.82, 2.24) is 5.06 Å². The van der Waals surface area contributed by atoms with Crippen molar-refractivity contribution in [2.75, 3.05) is 13.2 Å². The minimum Gasteiger partial charge on any atom is -0.396 e. The summed E-state index contributed by atoms with van der Waals surface area (Å²) in [7, 11) is -4.69. The highest BCUT2D eigenvalue weighted by Crippen LogP contribution is 2.37. The second-order valence-corrected chi connectivity index (χ2v) is 3.41. The zero-order valence-electron chi connectivity index (χ0n) is 7.08. The fourth-order valence-corrected chi connectivity index (χ4v) is 1.05. The number of hydrogen-bond donors (Lipinski definition) is 3. The Balaban J connectivity index is 4.11. The van der Waals surface area contributed by atoms with Crippen molar-refractivity contribution in [2.45, 2.75) is 13.3 Å². The average Bonchev–Trinajstić information content (AvgIpc) is 1.95. The van der Waals surface area contributed by atoms with Crippen LogP contribution < -0.4 is 0 Å². The standard InChI is InChI=1S/C5H12NO6P/c1-5(8)6(3-2-4-7)12-13(9,10)11/h7H,2-4H2,1H3,(H2,9,10,11). The maximum atomic E-state index is 10.7. The van der Waals surface area contributed by atoms with Crippen LogP contribution in [0.1, 0.15) is 13.3 Å². The number of carbonyl (C=O) groups excluding carboxylic acids is 1. The van der Waals surface area contributed by atoms with Crippen LogP contribution in [0.25, 0.3) is 0 Å². The summed E-state index contributed by atoms with van der Waals surface area (Å²) in [6, 6.07) is 0. The van der Waals surface area contributed by atoms with Crippen LogP contribution in [0.4, 0.5) is 0 Å². The third kappa shape index (κ3) is 6.68. The van der Waals surface area contributed by atoms with Crippen LogP contribution in [-0.4, -0.2) is 39.0 Å². The minimum absolute atomic E-state index is 0.0586. The lowest BCUT2D eigenvalue weighted by Crippen LogP contribution is -2.29. The molecular formula is C5H12NO6P. The molecule has 0 saturated carbocycles. The van der Waals surface area contributed by atoms with Crippen LogP contribution in [0.2, 0.25) is 0 Å². The summed E-state index contributed by atoms with van der Waals surface area (Å²) in [4.78, 5) is 27.4. The largest absolute Gasteiger partial charge is 0.491 e. The molecule has 78 valence electrons. The van der Waals surface area contributed by atoms with Crippen LogP contribution in [-0.2, 0) is 14.0 Å². The van der Waals surface area contributed by atoms with Gasteiger partial charge in [0, 0.05) is 13.5 Å². The van der Waals surface area contributed by atoms with Crippen LogP contribution in [0, 0.1) is 0 Å². The zero-order valence-corrected chi connectivity index (χ0v) is 7.98. The molecule has 0 aliphatic carbocycles. The van der Waals surface area contributed by atoms with E-state index in [0.29, 0.717) is 5.06 Å². The Morgan fingerprint density at radius 3 is 2.38 bits per heavy atom. The number of aliphatic hydroxyl groups is 1. The minimum atomic E-state index is -4.69. The summed E-state index contributed by atoms with van der Waals surface area (Å²) in [5, 5.41) is 8.93. The molecule has 3 N–H and O–H groups in total. The van der Waals surface area contributed by atoms with Gasteiger partial charge in [0.05, 0.1) is 6.54 Å². The SMILES string of the molecule is CC(=O)N(CCCO)OP(=O)(O)O. The Kier molecular flexibility index (Phi) is 5.12. The lowest BCUT2D eigenvalue weighted by atomic mass is 10.4. The van der Waals surface area contributed by atoms with Crippen LogP contribution in [0.15, 0.2) is 0 Å². The maximum Gasteiger partial charge on any atom is 0.491 e. The molecule has 0 heterocycles. The van der Waals surface area contributed by atoms with Gasteiger partial charge in [-0.3, -0.25) is 4.79 Å². The first-order valence-corrected chi connectivity index (χ1v) is 5.04. The van der Waals surface area contributed by atoms with Crippen molar-refractivity contribution < 1.29 is 28.9 Å². The van der Waals surface area contributed by atoms with E-state index < -0.39 is 13.7 Å². The van der Waals surface area contributed by atoms with Crippen LogP contribution in [0.5, 0.6) is 0 Å². The van der Waals surface area contributed by atoms with Crippen molar-refractivity contribution in [2.24, 2.45) is 0 Å². The predicted molar refractivity (Wildman–Crippen MR) is 42.2 cm³/mol. The summed E-state index contributed by atoms with van der Waals surface area (Å²) in [5.41, 5.74) is 0. The van der Waals surface area contributed by atoms with E-state index in [1.807, 2.05) is 0 Å². The summed E-state index contributed by atoms with van der Waals surface area (Å²) >= 11 is 0.